The zero-order valence-electron chi connectivity index (χ0n) is 25.8. The van der Waals surface area contributed by atoms with Crippen molar-refractivity contribution in [3.05, 3.63) is 60.0 Å². The van der Waals surface area contributed by atoms with Crippen molar-refractivity contribution in [2.24, 2.45) is 5.41 Å². The summed E-state index contributed by atoms with van der Waals surface area (Å²) in [5.74, 6) is 1.62. The molecule has 1 N–H and O–H groups in total. The highest BCUT2D eigenvalue weighted by Gasteiger charge is 2.44. The second kappa shape index (κ2) is 13.0. The fourth-order valence-corrected chi connectivity index (χ4v) is 8.21. The second-order valence-corrected chi connectivity index (χ2v) is 13.5. The van der Waals surface area contributed by atoms with Crippen LogP contribution in [0, 0.1) is 5.41 Å². The molecule has 1 saturated carbocycles. The number of piperidine rings is 1. The summed E-state index contributed by atoms with van der Waals surface area (Å²) in [6, 6.07) is 11.6. The van der Waals surface area contributed by atoms with Gasteiger partial charge < -0.3 is 19.7 Å². The molecule has 0 radical (unpaired) electrons. The molecule has 0 bridgehead atoms. The quantitative estimate of drug-likeness (QED) is 0.215. The van der Waals surface area contributed by atoms with Crippen molar-refractivity contribution in [2.45, 2.75) is 86.3 Å². The van der Waals surface area contributed by atoms with Crippen LogP contribution in [0.5, 0.6) is 5.75 Å². The van der Waals surface area contributed by atoms with E-state index >= 15 is 0 Å². The zero-order valence-corrected chi connectivity index (χ0v) is 26.6. The Morgan fingerprint density at radius 2 is 1.87 bits per heavy atom. The van der Waals surface area contributed by atoms with Gasteiger partial charge in [-0.2, -0.15) is 18.3 Å². The lowest BCUT2D eigenvalue weighted by Gasteiger charge is -2.44. The SMILES string of the molecule is COc1ccc(CNC2CCCC23CCN(c2cnc4c(Sc5cccnc5C(F)(F)F)nn(C5CCCCO5)c4n2)CC3)cc1. The van der Waals surface area contributed by atoms with Crippen LogP contribution in [-0.2, 0) is 17.5 Å². The predicted octanol–water partition coefficient (Wildman–Crippen LogP) is 7.03. The van der Waals surface area contributed by atoms with Crippen LogP contribution in [0.15, 0.2) is 58.7 Å². The van der Waals surface area contributed by atoms with E-state index in [0.717, 1.165) is 81.3 Å². The van der Waals surface area contributed by atoms with E-state index in [0.29, 0.717) is 28.8 Å². The molecule has 3 aliphatic rings. The highest BCUT2D eigenvalue weighted by Crippen LogP contribution is 2.47. The molecule has 2 atom stereocenters. The van der Waals surface area contributed by atoms with E-state index in [4.69, 9.17) is 24.5 Å². The maximum absolute atomic E-state index is 13.7. The first-order chi connectivity index (χ1) is 22.3. The minimum absolute atomic E-state index is 0.0231. The Morgan fingerprint density at radius 1 is 1.04 bits per heavy atom. The molecule has 1 aromatic carbocycles. The fraction of sp³-hybridized carbons (Fsp3) is 0.515. The Bertz CT molecular complexity index is 1650. The molecule has 2 saturated heterocycles. The van der Waals surface area contributed by atoms with E-state index in [-0.39, 0.29) is 16.5 Å². The molecule has 5 heterocycles. The van der Waals surface area contributed by atoms with Gasteiger partial charge in [0.15, 0.2) is 22.6 Å². The number of ether oxygens (including phenoxy) is 2. The van der Waals surface area contributed by atoms with Crippen molar-refractivity contribution in [3.63, 3.8) is 0 Å². The Labute approximate surface area is 270 Å². The smallest absolute Gasteiger partial charge is 0.434 e. The molecular weight excluding hydrogens is 615 g/mol. The van der Waals surface area contributed by atoms with Crippen LogP contribution in [0.3, 0.4) is 0 Å². The number of fused-ring (bicyclic) bond motifs is 1. The molecule has 46 heavy (non-hydrogen) atoms. The summed E-state index contributed by atoms with van der Waals surface area (Å²) in [6.45, 7) is 3.16. The molecule has 13 heteroatoms. The fourth-order valence-electron chi connectivity index (χ4n) is 7.22. The lowest BCUT2D eigenvalue weighted by molar-refractivity contribution is -0.143. The Hall–Kier alpha value is -3.42. The Balaban J connectivity index is 1.10. The molecule has 7 rings (SSSR count). The Kier molecular flexibility index (Phi) is 8.81. The number of nitrogens with zero attached hydrogens (tertiary/aromatic N) is 6. The zero-order chi connectivity index (χ0) is 31.7. The van der Waals surface area contributed by atoms with E-state index in [1.165, 1.54) is 37.0 Å². The van der Waals surface area contributed by atoms with Gasteiger partial charge in [-0.25, -0.2) is 14.6 Å². The van der Waals surface area contributed by atoms with E-state index in [2.05, 4.69) is 27.3 Å². The summed E-state index contributed by atoms with van der Waals surface area (Å²) in [4.78, 5) is 15.7. The van der Waals surface area contributed by atoms with Crippen LogP contribution in [0.2, 0.25) is 0 Å². The van der Waals surface area contributed by atoms with Crippen molar-refractivity contribution < 1.29 is 22.6 Å². The topological polar surface area (TPSA) is 90.2 Å². The van der Waals surface area contributed by atoms with Crippen molar-refractivity contribution in [2.75, 3.05) is 31.7 Å². The largest absolute Gasteiger partial charge is 0.497 e. The van der Waals surface area contributed by atoms with E-state index < -0.39 is 11.9 Å². The number of anilines is 1. The molecule has 2 unspecified atom stereocenters. The van der Waals surface area contributed by atoms with Gasteiger partial charge in [-0.1, -0.05) is 30.3 Å². The van der Waals surface area contributed by atoms with Crippen molar-refractivity contribution in [3.8, 4) is 5.75 Å². The molecule has 3 fully saturated rings. The molecule has 4 aromatic rings. The molecule has 2 aliphatic heterocycles. The van der Waals surface area contributed by atoms with E-state index in [9.17, 15) is 13.2 Å². The van der Waals surface area contributed by atoms with Crippen LogP contribution in [0.4, 0.5) is 19.0 Å². The van der Waals surface area contributed by atoms with Gasteiger partial charge in [-0.15, -0.1) is 0 Å². The molecule has 1 aliphatic carbocycles. The average molecular weight is 654 g/mol. The summed E-state index contributed by atoms with van der Waals surface area (Å²) in [7, 11) is 1.68. The van der Waals surface area contributed by atoms with Gasteiger partial charge in [-0.05, 0) is 80.2 Å². The van der Waals surface area contributed by atoms with Gasteiger partial charge >= 0.3 is 6.18 Å². The van der Waals surface area contributed by atoms with Crippen LogP contribution in [-0.4, -0.2) is 57.6 Å². The third-order valence-corrected chi connectivity index (χ3v) is 10.8. The van der Waals surface area contributed by atoms with Crippen LogP contribution in [0.25, 0.3) is 11.2 Å². The van der Waals surface area contributed by atoms with Gasteiger partial charge in [0.1, 0.15) is 17.1 Å². The minimum Gasteiger partial charge on any atom is -0.497 e. The van der Waals surface area contributed by atoms with Crippen LogP contribution in [0.1, 0.15) is 68.9 Å². The number of nitrogens with one attached hydrogen (secondary N) is 1. The molecule has 9 nitrogen and oxygen atoms in total. The standard InChI is InChI=1S/C33H38F3N7O2S/c1-44-23-11-9-22(10-12-23)20-38-25-7-4-13-32(25)14-17-42(18-15-32)26-21-39-28-30(40-26)43(27-8-2-3-19-45-27)41-31(28)46-24-6-5-16-37-29(24)33(34,35)36/h5-6,9-12,16,21,25,27,38H,2-4,7-8,13-15,17-20H2,1H3. The maximum atomic E-state index is 13.7. The number of rotatable bonds is 8. The van der Waals surface area contributed by atoms with Crippen LogP contribution < -0.4 is 15.0 Å². The van der Waals surface area contributed by atoms with Gasteiger partial charge in [0.2, 0.25) is 0 Å². The van der Waals surface area contributed by atoms with Gasteiger partial charge in [0.05, 0.1) is 13.3 Å². The predicted molar refractivity (Wildman–Crippen MR) is 169 cm³/mol. The summed E-state index contributed by atoms with van der Waals surface area (Å²) >= 11 is 0.915. The third-order valence-electron chi connectivity index (χ3n) is 9.74. The summed E-state index contributed by atoms with van der Waals surface area (Å²) in [5, 5.41) is 8.96. The van der Waals surface area contributed by atoms with Crippen LogP contribution >= 0.6 is 11.8 Å². The highest BCUT2D eigenvalue weighted by atomic mass is 32.2. The summed E-state index contributed by atoms with van der Waals surface area (Å²) in [6.07, 6.45) is 6.39. The lowest BCUT2D eigenvalue weighted by Crippen LogP contribution is -2.48. The number of hydrogen-bond donors (Lipinski definition) is 1. The minimum atomic E-state index is -4.58. The van der Waals surface area contributed by atoms with E-state index in [1.807, 2.05) is 12.1 Å². The number of methoxy groups -OCH3 is 1. The molecule has 244 valence electrons. The second-order valence-electron chi connectivity index (χ2n) is 12.4. The monoisotopic (exact) mass is 653 g/mol. The molecule has 0 amide bonds. The number of pyridine rings is 1. The number of aromatic nitrogens is 5. The van der Waals surface area contributed by atoms with Crippen molar-refractivity contribution >= 4 is 28.7 Å². The normalized spacial score (nSPS) is 21.7. The maximum Gasteiger partial charge on any atom is 0.434 e. The van der Waals surface area contributed by atoms with Gasteiger partial charge in [0.25, 0.3) is 0 Å². The molecule has 1 spiro atoms. The van der Waals surface area contributed by atoms with Crippen molar-refractivity contribution in [1.29, 1.82) is 0 Å². The van der Waals surface area contributed by atoms with E-state index in [1.54, 1.807) is 18.0 Å². The number of alkyl halides is 3. The first kappa shape index (κ1) is 31.2. The molecular formula is C33H38F3N7O2S. The Morgan fingerprint density at radius 3 is 2.61 bits per heavy atom. The third kappa shape index (κ3) is 6.28. The average Bonchev–Trinajstić information content (AvgIpc) is 3.64. The van der Waals surface area contributed by atoms with Gasteiger partial charge in [0, 0.05) is 43.4 Å². The first-order valence-electron chi connectivity index (χ1n) is 16.0. The van der Waals surface area contributed by atoms with Gasteiger partial charge in [-0.3, -0.25) is 4.98 Å². The summed E-state index contributed by atoms with van der Waals surface area (Å²) < 4.78 is 54.3. The first-order valence-corrected chi connectivity index (χ1v) is 16.8. The summed E-state index contributed by atoms with van der Waals surface area (Å²) in [5.41, 5.74) is 1.56. The number of benzene rings is 1. The molecule has 3 aromatic heterocycles. The van der Waals surface area contributed by atoms with Crippen molar-refractivity contribution in [1.82, 2.24) is 30.0 Å². The number of hydrogen-bond acceptors (Lipinski definition) is 9. The highest BCUT2D eigenvalue weighted by molar-refractivity contribution is 7.99. The number of halogens is 3. The lowest BCUT2D eigenvalue weighted by atomic mass is 9.74.